The maximum absolute atomic E-state index is 12.6. The molecule has 1 aromatic rings. The minimum absolute atomic E-state index is 0.142. The van der Waals surface area contributed by atoms with Gasteiger partial charge in [0.1, 0.15) is 5.82 Å². The van der Waals surface area contributed by atoms with E-state index in [4.69, 9.17) is 0 Å². The second-order valence-corrected chi connectivity index (χ2v) is 2.30. The SMILES string of the molecule is FCCc1cc(F)c(F)cc1F. The van der Waals surface area contributed by atoms with Crippen LogP contribution in [-0.2, 0) is 6.42 Å². The third-order valence-corrected chi connectivity index (χ3v) is 1.45. The third kappa shape index (κ3) is 1.75. The first-order chi connectivity index (χ1) is 5.65. The zero-order chi connectivity index (χ0) is 9.14. The molecule has 0 aliphatic rings. The molecule has 0 saturated carbocycles. The van der Waals surface area contributed by atoms with Gasteiger partial charge in [0.25, 0.3) is 0 Å². The molecule has 0 fully saturated rings. The number of aryl methyl sites for hydroxylation is 1. The lowest BCUT2D eigenvalue weighted by atomic mass is 10.1. The third-order valence-electron chi connectivity index (χ3n) is 1.45. The zero-order valence-corrected chi connectivity index (χ0v) is 6.08. The van der Waals surface area contributed by atoms with Crippen LogP contribution in [0.1, 0.15) is 5.56 Å². The van der Waals surface area contributed by atoms with Crippen molar-refractivity contribution in [2.45, 2.75) is 6.42 Å². The Balaban J connectivity index is 3.05. The topological polar surface area (TPSA) is 0 Å². The normalized spacial score (nSPS) is 10.3. The van der Waals surface area contributed by atoms with E-state index in [2.05, 4.69) is 0 Å². The molecule has 0 amide bonds. The van der Waals surface area contributed by atoms with Gasteiger partial charge in [-0.3, -0.25) is 4.39 Å². The molecule has 1 aromatic carbocycles. The molecule has 0 bridgehead atoms. The molecule has 0 spiro atoms. The predicted molar refractivity (Wildman–Crippen MR) is 36.0 cm³/mol. The highest BCUT2D eigenvalue weighted by Gasteiger charge is 2.08. The molecule has 0 aliphatic carbocycles. The number of hydrogen-bond donors (Lipinski definition) is 0. The fraction of sp³-hybridized carbons (Fsp3) is 0.250. The Labute approximate surface area is 66.8 Å². The van der Waals surface area contributed by atoms with E-state index < -0.39 is 24.1 Å². The van der Waals surface area contributed by atoms with Crippen LogP contribution in [-0.4, -0.2) is 6.67 Å². The molecular weight excluding hydrogens is 172 g/mol. The maximum Gasteiger partial charge on any atom is 0.161 e. The monoisotopic (exact) mass is 178 g/mol. The summed E-state index contributed by atoms with van der Waals surface area (Å²) < 4.78 is 49.1. The molecule has 0 atom stereocenters. The summed E-state index contributed by atoms with van der Waals surface area (Å²) in [6.45, 7) is -0.790. The van der Waals surface area contributed by atoms with Gasteiger partial charge in [0, 0.05) is 12.5 Å². The standard InChI is InChI=1S/C8H6F4/c9-2-1-5-3-7(11)8(12)4-6(5)10/h3-4H,1-2H2. The Morgan fingerprint density at radius 1 is 0.917 bits per heavy atom. The van der Waals surface area contributed by atoms with Crippen molar-refractivity contribution >= 4 is 0 Å². The van der Waals surface area contributed by atoms with Crippen molar-refractivity contribution in [3.63, 3.8) is 0 Å². The second kappa shape index (κ2) is 3.56. The summed E-state index contributed by atoms with van der Waals surface area (Å²) in [4.78, 5) is 0. The lowest BCUT2D eigenvalue weighted by molar-refractivity contribution is 0.468. The predicted octanol–water partition coefficient (Wildman–Crippen LogP) is 2.62. The largest absolute Gasteiger partial charge is 0.251 e. The Bertz CT molecular complexity index is 283. The molecule has 1 rings (SSSR count). The summed E-state index contributed by atoms with van der Waals surface area (Å²) in [7, 11) is 0. The van der Waals surface area contributed by atoms with Crippen LogP contribution in [0.4, 0.5) is 17.6 Å². The fourth-order valence-corrected chi connectivity index (χ4v) is 0.857. The molecule has 0 N–H and O–H groups in total. The van der Waals surface area contributed by atoms with Crippen molar-refractivity contribution < 1.29 is 17.6 Å². The molecular formula is C8H6F4. The van der Waals surface area contributed by atoms with Crippen LogP contribution in [0.15, 0.2) is 12.1 Å². The lowest BCUT2D eigenvalue weighted by Gasteiger charge is -2.00. The highest BCUT2D eigenvalue weighted by Crippen LogP contribution is 2.13. The average Bonchev–Trinajstić information content (AvgIpc) is 2.01. The van der Waals surface area contributed by atoms with Gasteiger partial charge in [-0.1, -0.05) is 0 Å². The van der Waals surface area contributed by atoms with Gasteiger partial charge in [0.2, 0.25) is 0 Å². The van der Waals surface area contributed by atoms with Crippen LogP contribution in [0.3, 0.4) is 0 Å². The highest BCUT2D eigenvalue weighted by atomic mass is 19.2. The van der Waals surface area contributed by atoms with Gasteiger partial charge in [0.15, 0.2) is 11.6 Å². The average molecular weight is 178 g/mol. The van der Waals surface area contributed by atoms with Gasteiger partial charge >= 0.3 is 0 Å². The van der Waals surface area contributed by atoms with Gasteiger partial charge in [-0.2, -0.15) is 0 Å². The summed E-state index contributed by atoms with van der Waals surface area (Å²) in [6.07, 6.45) is -0.233. The van der Waals surface area contributed by atoms with Crippen LogP contribution in [0.2, 0.25) is 0 Å². The van der Waals surface area contributed by atoms with E-state index in [0.29, 0.717) is 12.1 Å². The Morgan fingerprint density at radius 3 is 2.08 bits per heavy atom. The van der Waals surface area contributed by atoms with Gasteiger partial charge in [-0.25, -0.2) is 13.2 Å². The van der Waals surface area contributed by atoms with Crippen molar-refractivity contribution in [2.24, 2.45) is 0 Å². The van der Waals surface area contributed by atoms with Crippen LogP contribution >= 0.6 is 0 Å². The van der Waals surface area contributed by atoms with E-state index in [0.717, 1.165) is 0 Å². The molecule has 0 aliphatic heterocycles. The fourth-order valence-electron chi connectivity index (χ4n) is 0.857. The van der Waals surface area contributed by atoms with Crippen LogP contribution in [0, 0.1) is 17.5 Å². The summed E-state index contributed by atoms with van der Waals surface area (Å²) >= 11 is 0. The van der Waals surface area contributed by atoms with E-state index >= 15 is 0 Å². The van der Waals surface area contributed by atoms with Crippen molar-refractivity contribution in [1.82, 2.24) is 0 Å². The molecule has 0 aromatic heterocycles. The molecule has 0 nitrogen and oxygen atoms in total. The van der Waals surface area contributed by atoms with Gasteiger partial charge in [0.05, 0.1) is 6.67 Å². The first-order valence-electron chi connectivity index (χ1n) is 3.34. The number of alkyl halides is 1. The van der Waals surface area contributed by atoms with Crippen molar-refractivity contribution in [2.75, 3.05) is 6.67 Å². The minimum Gasteiger partial charge on any atom is -0.251 e. The summed E-state index contributed by atoms with van der Waals surface area (Å²) in [6, 6.07) is 1.09. The highest BCUT2D eigenvalue weighted by molar-refractivity contribution is 5.20. The Kier molecular flexibility index (Phi) is 2.68. The maximum atomic E-state index is 12.6. The van der Waals surface area contributed by atoms with Crippen molar-refractivity contribution in [1.29, 1.82) is 0 Å². The van der Waals surface area contributed by atoms with Gasteiger partial charge < -0.3 is 0 Å². The van der Waals surface area contributed by atoms with Crippen LogP contribution in [0.25, 0.3) is 0 Å². The van der Waals surface area contributed by atoms with Gasteiger partial charge in [-0.05, 0) is 11.6 Å². The van der Waals surface area contributed by atoms with Crippen molar-refractivity contribution in [3.8, 4) is 0 Å². The van der Waals surface area contributed by atoms with Crippen molar-refractivity contribution in [3.05, 3.63) is 35.1 Å². The van der Waals surface area contributed by atoms with Crippen LogP contribution < -0.4 is 0 Å². The Morgan fingerprint density at radius 2 is 1.50 bits per heavy atom. The van der Waals surface area contributed by atoms with E-state index in [-0.39, 0.29) is 12.0 Å². The molecule has 66 valence electrons. The number of rotatable bonds is 2. The number of benzene rings is 1. The van der Waals surface area contributed by atoms with E-state index in [9.17, 15) is 17.6 Å². The molecule has 0 heterocycles. The molecule has 0 radical (unpaired) electrons. The van der Waals surface area contributed by atoms with E-state index in [1.165, 1.54) is 0 Å². The van der Waals surface area contributed by atoms with E-state index in [1.807, 2.05) is 0 Å². The second-order valence-electron chi connectivity index (χ2n) is 2.30. The summed E-state index contributed by atoms with van der Waals surface area (Å²) in [5, 5.41) is 0. The van der Waals surface area contributed by atoms with Gasteiger partial charge in [-0.15, -0.1) is 0 Å². The number of hydrogen-bond acceptors (Lipinski definition) is 0. The lowest BCUT2D eigenvalue weighted by Crippen LogP contribution is -1.96. The summed E-state index contributed by atoms with van der Waals surface area (Å²) in [5.41, 5.74) is -0.142. The molecule has 0 saturated heterocycles. The van der Waals surface area contributed by atoms with Crippen LogP contribution in [0.5, 0.6) is 0 Å². The minimum atomic E-state index is -1.25. The number of halogens is 4. The molecule has 0 unspecified atom stereocenters. The molecule has 12 heavy (non-hydrogen) atoms. The quantitative estimate of drug-likeness (QED) is 0.482. The smallest absolute Gasteiger partial charge is 0.161 e. The first kappa shape index (κ1) is 9.03. The molecule has 4 heteroatoms. The van der Waals surface area contributed by atoms with E-state index in [1.54, 1.807) is 0 Å². The Hall–Kier alpha value is -1.06. The zero-order valence-electron chi connectivity index (χ0n) is 6.08. The first-order valence-corrected chi connectivity index (χ1v) is 3.34. The summed E-state index contributed by atoms with van der Waals surface area (Å²) in [5.74, 6) is -3.32.